The van der Waals surface area contributed by atoms with Crippen LogP contribution in [0.1, 0.15) is 48.0 Å². The molecule has 0 heterocycles. The van der Waals surface area contributed by atoms with Gasteiger partial charge in [0.05, 0.1) is 0 Å². The molecule has 142 valence electrons. The summed E-state index contributed by atoms with van der Waals surface area (Å²) < 4.78 is 5.54. The lowest BCUT2D eigenvalue weighted by atomic mass is 9.95. The topological polar surface area (TPSA) is 67.4 Å². The van der Waals surface area contributed by atoms with E-state index in [0.717, 1.165) is 18.4 Å². The standard InChI is InChI=1S/C22H26N2O3/c1-16-7-5-6-10-20(16)27-15-21(25)23-19-13-11-17(12-14-19)22(26)24-18-8-3-2-4-9-18/h5-7,10-14,18H,2-4,8-9,15H2,1H3,(H,23,25)(H,24,26). The summed E-state index contributed by atoms with van der Waals surface area (Å²) in [6.07, 6.45) is 5.73. The van der Waals surface area contributed by atoms with Crippen LogP contribution in [0.25, 0.3) is 0 Å². The minimum atomic E-state index is -0.238. The van der Waals surface area contributed by atoms with E-state index in [0.29, 0.717) is 17.0 Å². The molecule has 1 fully saturated rings. The van der Waals surface area contributed by atoms with E-state index in [1.54, 1.807) is 24.3 Å². The summed E-state index contributed by atoms with van der Waals surface area (Å²) in [5, 5.41) is 5.88. The van der Waals surface area contributed by atoms with E-state index in [4.69, 9.17) is 4.74 Å². The van der Waals surface area contributed by atoms with Gasteiger partial charge in [0.2, 0.25) is 0 Å². The van der Waals surface area contributed by atoms with Crippen LogP contribution in [0.5, 0.6) is 5.75 Å². The highest BCUT2D eigenvalue weighted by Gasteiger charge is 2.16. The molecule has 1 saturated carbocycles. The predicted octanol–water partition coefficient (Wildman–Crippen LogP) is 4.08. The highest BCUT2D eigenvalue weighted by atomic mass is 16.5. The third kappa shape index (κ3) is 5.58. The lowest BCUT2D eigenvalue weighted by Gasteiger charge is -2.22. The zero-order chi connectivity index (χ0) is 19.1. The van der Waals surface area contributed by atoms with Crippen molar-refractivity contribution in [2.24, 2.45) is 0 Å². The van der Waals surface area contributed by atoms with Crippen molar-refractivity contribution in [3.8, 4) is 5.75 Å². The molecule has 0 saturated heterocycles. The summed E-state index contributed by atoms with van der Waals surface area (Å²) in [5.74, 6) is 0.405. The number of aryl methyl sites for hydroxylation is 1. The monoisotopic (exact) mass is 366 g/mol. The normalized spacial score (nSPS) is 14.4. The van der Waals surface area contributed by atoms with Gasteiger partial charge in [0, 0.05) is 17.3 Å². The molecule has 0 unspecified atom stereocenters. The predicted molar refractivity (Wildman–Crippen MR) is 106 cm³/mol. The van der Waals surface area contributed by atoms with Crippen molar-refractivity contribution in [3.63, 3.8) is 0 Å². The van der Waals surface area contributed by atoms with Gasteiger partial charge < -0.3 is 15.4 Å². The van der Waals surface area contributed by atoms with Crippen LogP contribution in [0.15, 0.2) is 48.5 Å². The quantitative estimate of drug-likeness (QED) is 0.810. The maximum Gasteiger partial charge on any atom is 0.262 e. The average molecular weight is 366 g/mol. The second-order valence-corrected chi connectivity index (χ2v) is 6.99. The second-order valence-electron chi connectivity index (χ2n) is 6.99. The molecular formula is C22H26N2O3. The number of amides is 2. The fourth-order valence-corrected chi connectivity index (χ4v) is 3.28. The van der Waals surface area contributed by atoms with Crippen LogP contribution in [0.4, 0.5) is 5.69 Å². The van der Waals surface area contributed by atoms with Crippen LogP contribution >= 0.6 is 0 Å². The Kier molecular flexibility index (Phi) is 6.47. The fourth-order valence-electron chi connectivity index (χ4n) is 3.28. The molecule has 27 heavy (non-hydrogen) atoms. The number of hydrogen-bond acceptors (Lipinski definition) is 3. The van der Waals surface area contributed by atoms with E-state index in [9.17, 15) is 9.59 Å². The molecule has 2 N–H and O–H groups in total. The number of carbonyl (C=O) groups excluding carboxylic acids is 2. The minimum Gasteiger partial charge on any atom is -0.483 e. The summed E-state index contributed by atoms with van der Waals surface area (Å²) in [7, 11) is 0. The van der Waals surface area contributed by atoms with Crippen molar-refractivity contribution in [2.45, 2.75) is 45.1 Å². The fraction of sp³-hybridized carbons (Fsp3) is 0.364. The Morgan fingerprint density at radius 1 is 1.00 bits per heavy atom. The maximum absolute atomic E-state index is 12.3. The van der Waals surface area contributed by atoms with E-state index in [1.807, 2.05) is 31.2 Å². The zero-order valence-electron chi connectivity index (χ0n) is 15.7. The van der Waals surface area contributed by atoms with Gasteiger partial charge in [0.25, 0.3) is 11.8 Å². The van der Waals surface area contributed by atoms with Crippen LogP contribution < -0.4 is 15.4 Å². The molecule has 0 aliphatic heterocycles. The molecule has 2 aromatic carbocycles. The van der Waals surface area contributed by atoms with E-state index in [-0.39, 0.29) is 24.5 Å². The lowest BCUT2D eigenvalue weighted by molar-refractivity contribution is -0.118. The molecule has 5 nitrogen and oxygen atoms in total. The van der Waals surface area contributed by atoms with Crippen molar-refractivity contribution >= 4 is 17.5 Å². The molecule has 2 amide bonds. The average Bonchev–Trinajstić information content (AvgIpc) is 2.69. The van der Waals surface area contributed by atoms with E-state index >= 15 is 0 Å². The van der Waals surface area contributed by atoms with Crippen molar-refractivity contribution in [1.82, 2.24) is 5.32 Å². The second kappa shape index (κ2) is 9.21. The molecule has 5 heteroatoms. The van der Waals surface area contributed by atoms with Crippen molar-refractivity contribution < 1.29 is 14.3 Å². The van der Waals surface area contributed by atoms with Crippen LogP contribution in [0.3, 0.4) is 0 Å². The van der Waals surface area contributed by atoms with Gasteiger partial charge >= 0.3 is 0 Å². The first-order chi connectivity index (χ1) is 13.1. The van der Waals surface area contributed by atoms with Crippen LogP contribution in [0, 0.1) is 6.92 Å². The number of nitrogens with one attached hydrogen (secondary N) is 2. The van der Waals surface area contributed by atoms with Crippen LogP contribution in [-0.2, 0) is 4.79 Å². The smallest absolute Gasteiger partial charge is 0.262 e. The van der Waals surface area contributed by atoms with Crippen molar-refractivity contribution in [1.29, 1.82) is 0 Å². The Hall–Kier alpha value is -2.82. The Labute approximate surface area is 160 Å². The summed E-state index contributed by atoms with van der Waals surface area (Å²) in [5.41, 5.74) is 2.23. The third-order valence-electron chi connectivity index (χ3n) is 4.82. The van der Waals surface area contributed by atoms with E-state index in [2.05, 4.69) is 10.6 Å². The summed E-state index contributed by atoms with van der Waals surface area (Å²) in [4.78, 5) is 24.4. The summed E-state index contributed by atoms with van der Waals surface area (Å²) >= 11 is 0. The number of hydrogen-bond donors (Lipinski definition) is 2. The zero-order valence-corrected chi connectivity index (χ0v) is 15.7. The van der Waals surface area contributed by atoms with Crippen molar-refractivity contribution in [3.05, 3.63) is 59.7 Å². The molecule has 1 aliphatic rings. The number of benzene rings is 2. The lowest BCUT2D eigenvalue weighted by Crippen LogP contribution is -2.36. The molecule has 1 aliphatic carbocycles. The Morgan fingerprint density at radius 3 is 2.41 bits per heavy atom. The molecule has 2 aromatic rings. The Bertz CT molecular complexity index is 780. The van der Waals surface area contributed by atoms with Gasteiger partial charge in [0.1, 0.15) is 5.75 Å². The highest BCUT2D eigenvalue weighted by Crippen LogP contribution is 2.19. The first-order valence-electron chi connectivity index (χ1n) is 9.51. The number of rotatable bonds is 6. The SMILES string of the molecule is Cc1ccccc1OCC(=O)Nc1ccc(C(=O)NC2CCCCC2)cc1. The molecule has 3 rings (SSSR count). The largest absolute Gasteiger partial charge is 0.483 e. The molecule has 0 radical (unpaired) electrons. The third-order valence-corrected chi connectivity index (χ3v) is 4.82. The van der Waals surface area contributed by atoms with E-state index < -0.39 is 0 Å². The van der Waals surface area contributed by atoms with Crippen LogP contribution in [0.2, 0.25) is 0 Å². The van der Waals surface area contributed by atoms with E-state index in [1.165, 1.54) is 19.3 Å². The van der Waals surface area contributed by atoms with Gasteiger partial charge in [-0.2, -0.15) is 0 Å². The number of anilines is 1. The van der Waals surface area contributed by atoms with Crippen molar-refractivity contribution in [2.75, 3.05) is 11.9 Å². The Balaban J connectivity index is 1.48. The molecule has 0 atom stereocenters. The number of carbonyl (C=O) groups is 2. The van der Waals surface area contributed by atoms with Gasteiger partial charge in [-0.3, -0.25) is 9.59 Å². The maximum atomic E-state index is 12.3. The summed E-state index contributed by atoms with van der Waals surface area (Å²) in [6, 6.07) is 14.8. The molecule has 0 bridgehead atoms. The summed E-state index contributed by atoms with van der Waals surface area (Å²) in [6.45, 7) is 1.87. The van der Waals surface area contributed by atoms with Gasteiger partial charge in [-0.1, -0.05) is 37.5 Å². The number of ether oxygens (including phenoxy) is 1. The molecule has 0 spiro atoms. The molecular weight excluding hydrogens is 340 g/mol. The van der Waals surface area contributed by atoms with Gasteiger partial charge in [0.15, 0.2) is 6.61 Å². The van der Waals surface area contributed by atoms with Gasteiger partial charge in [-0.05, 0) is 55.7 Å². The van der Waals surface area contributed by atoms with Crippen LogP contribution in [-0.4, -0.2) is 24.5 Å². The first kappa shape index (κ1) is 19.0. The van der Waals surface area contributed by atoms with Gasteiger partial charge in [-0.15, -0.1) is 0 Å². The van der Waals surface area contributed by atoms with Gasteiger partial charge in [-0.25, -0.2) is 0 Å². The molecule has 0 aromatic heterocycles. The number of para-hydroxylation sites is 1. The highest BCUT2D eigenvalue weighted by molar-refractivity contribution is 5.96. The Morgan fingerprint density at radius 2 is 1.70 bits per heavy atom. The first-order valence-corrected chi connectivity index (χ1v) is 9.51. The minimum absolute atomic E-state index is 0.0531.